The molecule has 0 aliphatic carbocycles. The maximum absolute atomic E-state index is 13.3. The summed E-state index contributed by atoms with van der Waals surface area (Å²) in [5, 5.41) is 3.65. The van der Waals surface area contributed by atoms with E-state index in [1.807, 2.05) is 18.2 Å². The summed E-state index contributed by atoms with van der Waals surface area (Å²) in [7, 11) is 0. The summed E-state index contributed by atoms with van der Waals surface area (Å²) >= 11 is 11.5. The van der Waals surface area contributed by atoms with Crippen LogP contribution in [0.5, 0.6) is 0 Å². The summed E-state index contributed by atoms with van der Waals surface area (Å²) in [6.45, 7) is 0.271. The van der Waals surface area contributed by atoms with Crippen LogP contribution in [0.4, 0.5) is 15.8 Å². The van der Waals surface area contributed by atoms with Crippen LogP contribution in [-0.4, -0.2) is 27.9 Å². The van der Waals surface area contributed by atoms with E-state index < -0.39 is 6.04 Å². The lowest BCUT2D eigenvalue weighted by Gasteiger charge is -2.24. The van der Waals surface area contributed by atoms with Gasteiger partial charge in [-0.1, -0.05) is 41.9 Å². The Balaban J connectivity index is 1.58. The molecule has 8 heteroatoms. The van der Waals surface area contributed by atoms with Crippen molar-refractivity contribution in [3.05, 3.63) is 95.3 Å². The second-order valence-corrected chi connectivity index (χ2v) is 8.12. The van der Waals surface area contributed by atoms with Gasteiger partial charge in [-0.25, -0.2) is 4.39 Å². The molecule has 4 rings (SSSR count). The lowest BCUT2D eigenvalue weighted by Crippen LogP contribution is -2.37. The Morgan fingerprint density at radius 3 is 2.31 bits per heavy atom. The van der Waals surface area contributed by atoms with Crippen LogP contribution in [0.15, 0.2) is 78.9 Å². The average Bonchev–Trinajstić information content (AvgIpc) is 3.01. The van der Waals surface area contributed by atoms with Crippen molar-refractivity contribution in [1.29, 1.82) is 0 Å². The van der Waals surface area contributed by atoms with Crippen molar-refractivity contribution in [2.75, 3.05) is 10.2 Å². The number of hydrogen-bond donors (Lipinski definition) is 1. The predicted octanol–water partition coefficient (Wildman–Crippen LogP) is 5.01. The number of para-hydroxylation sites is 1. The van der Waals surface area contributed by atoms with E-state index in [1.54, 1.807) is 53.4 Å². The standard InChI is InChI=1S/C24H19ClFN3O2S/c25-17-8-12-19(13-9-17)27-22(30)14-21-23(31)29(20-4-2-1-3-5-20)24(32)28(21)15-16-6-10-18(26)11-7-16/h1-13,21H,14-15H2,(H,27,30)/t21-/m0/s1. The van der Waals surface area contributed by atoms with Gasteiger partial charge in [0.2, 0.25) is 5.91 Å². The zero-order valence-electron chi connectivity index (χ0n) is 16.9. The van der Waals surface area contributed by atoms with Crippen LogP contribution in [0, 0.1) is 5.82 Å². The molecule has 1 N–H and O–H groups in total. The number of rotatable bonds is 6. The highest BCUT2D eigenvalue weighted by atomic mass is 35.5. The molecule has 0 aromatic heterocycles. The number of nitrogens with zero attached hydrogens (tertiary/aromatic N) is 2. The van der Waals surface area contributed by atoms with Gasteiger partial charge in [0.15, 0.2) is 5.11 Å². The Morgan fingerprint density at radius 1 is 1.00 bits per heavy atom. The molecular formula is C24H19ClFN3O2S. The van der Waals surface area contributed by atoms with Gasteiger partial charge in [-0.15, -0.1) is 0 Å². The van der Waals surface area contributed by atoms with Gasteiger partial charge < -0.3 is 10.2 Å². The fourth-order valence-electron chi connectivity index (χ4n) is 3.54. The van der Waals surface area contributed by atoms with Gasteiger partial charge in [0, 0.05) is 17.3 Å². The molecule has 0 saturated carbocycles. The second kappa shape index (κ2) is 9.46. The zero-order chi connectivity index (χ0) is 22.7. The molecule has 0 radical (unpaired) electrons. The van der Waals surface area contributed by atoms with E-state index in [1.165, 1.54) is 17.0 Å². The number of carbonyl (C=O) groups is 2. The van der Waals surface area contributed by atoms with Crippen molar-refractivity contribution < 1.29 is 14.0 Å². The summed E-state index contributed by atoms with van der Waals surface area (Å²) in [6.07, 6.45) is -0.0911. The summed E-state index contributed by atoms with van der Waals surface area (Å²) in [5.41, 5.74) is 1.99. The second-order valence-electron chi connectivity index (χ2n) is 7.32. The highest BCUT2D eigenvalue weighted by Crippen LogP contribution is 2.29. The molecule has 1 saturated heterocycles. The summed E-state index contributed by atoms with van der Waals surface area (Å²) < 4.78 is 13.3. The third kappa shape index (κ3) is 4.79. The number of anilines is 2. The highest BCUT2D eigenvalue weighted by molar-refractivity contribution is 7.80. The van der Waals surface area contributed by atoms with Crippen LogP contribution in [-0.2, 0) is 16.1 Å². The zero-order valence-corrected chi connectivity index (χ0v) is 18.4. The minimum absolute atomic E-state index is 0.0911. The third-order valence-corrected chi connectivity index (χ3v) is 5.78. The Kier molecular flexibility index (Phi) is 6.48. The van der Waals surface area contributed by atoms with E-state index in [4.69, 9.17) is 23.8 Å². The first-order valence-electron chi connectivity index (χ1n) is 9.92. The molecule has 1 fully saturated rings. The first-order chi connectivity index (χ1) is 15.4. The van der Waals surface area contributed by atoms with Crippen LogP contribution in [0.3, 0.4) is 0 Å². The van der Waals surface area contributed by atoms with Crippen molar-refractivity contribution in [3.8, 4) is 0 Å². The number of amides is 2. The minimum atomic E-state index is -0.792. The molecule has 5 nitrogen and oxygen atoms in total. The maximum Gasteiger partial charge on any atom is 0.256 e. The molecule has 1 aliphatic heterocycles. The van der Waals surface area contributed by atoms with Crippen molar-refractivity contribution >= 4 is 52.1 Å². The Labute approximate surface area is 195 Å². The predicted molar refractivity (Wildman–Crippen MR) is 127 cm³/mol. The summed E-state index contributed by atoms with van der Waals surface area (Å²) in [4.78, 5) is 29.3. The molecule has 3 aromatic rings. The number of carbonyl (C=O) groups excluding carboxylic acids is 2. The van der Waals surface area contributed by atoms with Gasteiger partial charge in [-0.2, -0.15) is 0 Å². The lowest BCUT2D eigenvalue weighted by molar-refractivity contribution is -0.124. The fourth-order valence-corrected chi connectivity index (χ4v) is 4.05. The normalized spacial score (nSPS) is 15.9. The van der Waals surface area contributed by atoms with Gasteiger partial charge >= 0.3 is 0 Å². The molecule has 0 bridgehead atoms. The van der Waals surface area contributed by atoms with Gasteiger partial charge in [0.25, 0.3) is 5.91 Å². The summed E-state index contributed by atoms with van der Waals surface area (Å²) in [5.74, 6) is -0.958. The average molecular weight is 468 g/mol. The fraction of sp³-hybridized carbons (Fsp3) is 0.125. The van der Waals surface area contributed by atoms with E-state index in [0.717, 1.165) is 5.56 Å². The van der Waals surface area contributed by atoms with Gasteiger partial charge in [-0.05, 0) is 66.3 Å². The molecule has 1 heterocycles. The number of halogens is 2. The maximum atomic E-state index is 13.3. The molecule has 0 spiro atoms. The number of hydrogen-bond acceptors (Lipinski definition) is 3. The summed E-state index contributed by atoms with van der Waals surface area (Å²) in [6, 6.07) is 21.0. The van der Waals surface area contributed by atoms with Gasteiger partial charge in [0.1, 0.15) is 11.9 Å². The smallest absolute Gasteiger partial charge is 0.256 e. The monoisotopic (exact) mass is 467 g/mol. The third-order valence-electron chi connectivity index (χ3n) is 5.11. The Morgan fingerprint density at radius 2 is 1.66 bits per heavy atom. The SMILES string of the molecule is O=C(C[C@H]1C(=O)N(c2ccccc2)C(=S)N1Cc1ccc(F)cc1)Nc1ccc(Cl)cc1. The Bertz CT molecular complexity index is 1140. The van der Waals surface area contributed by atoms with Crippen molar-refractivity contribution in [1.82, 2.24) is 4.90 Å². The number of benzene rings is 3. The van der Waals surface area contributed by atoms with Crippen LogP contribution < -0.4 is 10.2 Å². The van der Waals surface area contributed by atoms with Crippen LogP contribution >= 0.6 is 23.8 Å². The molecule has 2 amide bonds. The Hall–Kier alpha value is -3.29. The van der Waals surface area contributed by atoms with Crippen molar-refractivity contribution in [2.45, 2.75) is 19.0 Å². The highest BCUT2D eigenvalue weighted by Gasteiger charge is 2.44. The molecule has 162 valence electrons. The van der Waals surface area contributed by atoms with E-state index in [-0.39, 0.29) is 30.6 Å². The molecule has 0 unspecified atom stereocenters. The molecule has 32 heavy (non-hydrogen) atoms. The molecule has 3 aromatic carbocycles. The number of thiocarbonyl (C=S) groups is 1. The molecular weight excluding hydrogens is 449 g/mol. The molecule has 1 atom stereocenters. The van der Waals surface area contributed by atoms with Gasteiger partial charge in [0.05, 0.1) is 12.1 Å². The van der Waals surface area contributed by atoms with Crippen LogP contribution in [0.2, 0.25) is 5.02 Å². The van der Waals surface area contributed by atoms with Crippen LogP contribution in [0.1, 0.15) is 12.0 Å². The number of nitrogens with one attached hydrogen (secondary N) is 1. The first kappa shape index (κ1) is 21.9. The molecule has 1 aliphatic rings. The lowest BCUT2D eigenvalue weighted by atomic mass is 10.1. The topological polar surface area (TPSA) is 52.7 Å². The van der Waals surface area contributed by atoms with E-state index in [2.05, 4.69) is 5.32 Å². The largest absolute Gasteiger partial charge is 0.332 e. The van der Waals surface area contributed by atoms with Gasteiger partial charge in [-0.3, -0.25) is 14.5 Å². The quantitative estimate of drug-likeness (QED) is 0.518. The first-order valence-corrected chi connectivity index (χ1v) is 10.7. The minimum Gasteiger partial charge on any atom is -0.332 e. The van der Waals surface area contributed by atoms with E-state index in [0.29, 0.717) is 21.5 Å². The van der Waals surface area contributed by atoms with E-state index in [9.17, 15) is 14.0 Å². The van der Waals surface area contributed by atoms with Crippen molar-refractivity contribution in [2.24, 2.45) is 0 Å². The van der Waals surface area contributed by atoms with Crippen molar-refractivity contribution in [3.63, 3.8) is 0 Å². The van der Waals surface area contributed by atoms with E-state index >= 15 is 0 Å². The van der Waals surface area contributed by atoms with Crippen LogP contribution in [0.25, 0.3) is 0 Å².